The van der Waals surface area contributed by atoms with Crippen LogP contribution in [0.2, 0.25) is 0 Å². The van der Waals surface area contributed by atoms with Crippen molar-refractivity contribution in [3.05, 3.63) is 64.4 Å². The standard InChI is InChI=1S/C16H14N4O3/c1-10(11-6-8-12(21)9-7-11)18-19-16-17-14-5-3-2-4-13(14)15(22)20(16)23/h2-9,21,23H,1H3,(H,17,19)/b18-10+. The summed E-state index contributed by atoms with van der Waals surface area (Å²) < 4.78 is 0.427. The van der Waals surface area contributed by atoms with Gasteiger partial charge in [-0.05, 0) is 48.9 Å². The average molecular weight is 310 g/mol. The van der Waals surface area contributed by atoms with E-state index in [0.29, 0.717) is 21.3 Å². The molecule has 23 heavy (non-hydrogen) atoms. The van der Waals surface area contributed by atoms with Gasteiger partial charge in [0, 0.05) is 0 Å². The summed E-state index contributed by atoms with van der Waals surface area (Å²) in [6, 6.07) is 13.2. The number of hydrazone groups is 1. The molecule has 0 amide bonds. The summed E-state index contributed by atoms with van der Waals surface area (Å²) in [7, 11) is 0. The van der Waals surface area contributed by atoms with E-state index in [1.165, 1.54) is 0 Å². The molecule has 3 aromatic rings. The van der Waals surface area contributed by atoms with Crippen molar-refractivity contribution in [1.82, 2.24) is 9.71 Å². The number of phenols is 1. The largest absolute Gasteiger partial charge is 0.508 e. The van der Waals surface area contributed by atoms with Crippen LogP contribution in [0.5, 0.6) is 5.75 Å². The Labute approximate surface area is 131 Å². The van der Waals surface area contributed by atoms with Gasteiger partial charge in [0.2, 0.25) is 0 Å². The van der Waals surface area contributed by atoms with Crippen LogP contribution in [0.15, 0.2) is 58.4 Å². The van der Waals surface area contributed by atoms with Crippen LogP contribution >= 0.6 is 0 Å². The van der Waals surface area contributed by atoms with Crippen LogP contribution < -0.4 is 11.0 Å². The number of aromatic nitrogens is 2. The number of nitrogens with one attached hydrogen (secondary N) is 1. The Morgan fingerprint density at radius 3 is 2.61 bits per heavy atom. The number of hydrogen-bond donors (Lipinski definition) is 3. The van der Waals surface area contributed by atoms with Crippen molar-refractivity contribution in [2.45, 2.75) is 6.92 Å². The molecule has 0 radical (unpaired) electrons. The van der Waals surface area contributed by atoms with Gasteiger partial charge in [0.1, 0.15) is 5.75 Å². The summed E-state index contributed by atoms with van der Waals surface area (Å²) >= 11 is 0. The summed E-state index contributed by atoms with van der Waals surface area (Å²) in [5.74, 6) is 0.0849. The highest BCUT2D eigenvalue weighted by Gasteiger charge is 2.09. The van der Waals surface area contributed by atoms with Crippen molar-refractivity contribution in [2.75, 3.05) is 5.43 Å². The Kier molecular flexibility index (Phi) is 3.68. The number of hydrogen-bond acceptors (Lipinski definition) is 6. The molecule has 2 aromatic carbocycles. The van der Waals surface area contributed by atoms with Gasteiger partial charge >= 0.3 is 0 Å². The maximum absolute atomic E-state index is 12.1. The second-order valence-electron chi connectivity index (χ2n) is 4.93. The first kappa shape index (κ1) is 14.6. The van der Waals surface area contributed by atoms with Gasteiger partial charge in [-0.1, -0.05) is 12.1 Å². The minimum absolute atomic E-state index is 0.0770. The molecule has 3 N–H and O–H groups in total. The maximum Gasteiger partial charge on any atom is 0.295 e. The van der Waals surface area contributed by atoms with Gasteiger partial charge in [-0.15, -0.1) is 4.73 Å². The molecule has 116 valence electrons. The number of aromatic hydroxyl groups is 1. The molecule has 0 aliphatic rings. The van der Waals surface area contributed by atoms with Gasteiger partial charge in [0.05, 0.1) is 16.6 Å². The maximum atomic E-state index is 12.1. The van der Waals surface area contributed by atoms with Gasteiger partial charge in [0.25, 0.3) is 11.5 Å². The molecule has 0 saturated carbocycles. The van der Waals surface area contributed by atoms with Gasteiger partial charge in [-0.25, -0.2) is 10.4 Å². The first-order valence-electron chi connectivity index (χ1n) is 6.87. The normalized spacial score (nSPS) is 11.6. The van der Waals surface area contributed by atoms with Gasteiger partial charge < -0.3 is 10.3 Å². The lowest BCUT2D eigenvalue weighted by atomic mass is 10.1. The lowest BCUT2D eigenvalue weighted by Crippen LogP contribution is -2.22. The summed E-state index contributed by atoms with van der Waals surface area (Å²) in [6.07, 6.45) is 0. The molecular formula is C16H14N4O3. The third-order valence-electron chi connectivity index (χ3n) is 3.36. The number of phenolic OH excluding ortho intramolecular Hbond substituents is 1. The monoisotopic (exact) mass is 310 g/mol. The minimum atomic E-state index is -0.574. The van der Waals surface area contributed by atoms with Crippen LogP contribution in [-0.4, -0.2) is 25.7 Å². The fraction of sp³-hybridized carbons (Fsp3) is 0.0625. The smallest absolute Gasteiger partial charge is 0.295 e. The molecule has 0 spiro atoms. The third-order valence-corrected chi connectivity index (χ3v) is 3.36. The first-order valence-corrected chi connectivity index (χ1v) is 6.87. The fourth-order valence-corrected chi connectivity index (χ4v) is 2.10. The van der Waals surface area contributed by atoms with E-state index < -0.39 is 5.56 Å². The molecule has 0 fully saturated rings. The number of benzene rings is 2. The third kappa shape index (κ3) is 2.84. The lowest BCUT2D eigenvalue weighted by molar-refractivity contribution is 0.179. The second kappa shape index (κ2) is 5.80. The van der Waals surface area contributed by atoms with Crippen LogP contribution in [0.3, 0.4) is 0 Å². The Morgan fingerprint density at radius 1 is 1.17 bits per heavy atom. The Balaban J connectivity index is 1.95. The number of para-hydroxylation sites is 1. The minimum Gasteiger partial charge on any atom is -0.508 e. The molecule has 1 aromatic heterocycles. The quantitative estimate of drug-likeness (QED) is 0.391. The molecule has 0 bridgehead atoms. The van der Waals surface area contributed by atoms with Gasteiger partial charge in [-0.3, -0.25) is 4.79 Å². The van der Waals surface area contributed by atoms with Crippen molar-refractivity contribution in [1.29, 1.82) is 0 Å². The van der Waals surface area contributed by atoms with E-state index in [2.05, 4.69) is 15.5 Å². The van der Waals surface area contributed by atoms with Crippen molar-refractivity contribution < 1.29 is 10.3 Å². The average Bonchev–Trinajstić information content (AvgIpc) is 2.57. The summed E-state index contributed by atoms with van der Waals surface area (Å²) in [4.78, 5) is 16.2. The molecule has 0 unspecified atom stereocenters. The lowest BCUT2D eigenvalue weighted by Gasteiger charge is -2.07. The first-order chi connectivity index (χ1) is 11.1. The van der Waals surface area contributed by atoms with E-state index in [1.54, 1.807) is 55.5 Å². The summed E-state index contributed by atoms with van der Waals surface area (Å²) in [6.45, 7) is 1.75. The highest BCUT2D eigenvalue weighted by Crippen LogP contribution is 2.12. The van der Waals surface area contributed by atoms with Crippen molar-refractivity contribution >= 4 is 22.6 Å². The fourth-order valence-electron chi connectivity index (χ4n) is 2.10. The SMILES string of the molecule is C/C(=N\Nc1nc2ccccc2c(=O)n1O)c1ccc(O)cc1. The van der Waals surface area contributed by atoms with E-state index in [-0.39, 0.29) is 11.7 Å². The zero-order valence-electron chi connectivity index (χ0n) is 12.3. The molecule has 7 heteroatoms. The molecule has 3 rings (SSSR count). The van der Waals surface area contributed by atoms with E-state index in [0.717, 1.165) is 5.56 Å². The molecule has 0 saturated heterocycles. The van der Waals surface area contributed by atoms with Crippen molar-refractivity contribution in [3.63, 3.8) is 0 Å². The van der Waals surface area contributed by atoms with E-state index in [4.69, 9.17) is 0 Å². The Morgan fingerprint density at radius 2 is 1.87 bits per heavy atom. The van der Waals surface area contributed by atoms with Crippen LogP contribution in [0, 0.1) is 0 Å². The molecule has 0 atom stereocenters. The van der Waals surface area contributed by atoms with Crippen molar-refractivity contribution in [3.8, 4) is 5.75 Å². The number of fused-ring (bicyclic) bond motifs is 1. The van der Waals surface area contributed by atoms with Crippen molar-refractivity contribution in [2.24, 2.45) is 5.10 Å². The van der Waals surface area contributed by atoms with Crippen LogP contribution in [0.1, 0.15) is 12.5 Å². The highest BCUT2D eigenvalue weighted by atomic mass is 16.5. The zero-order valence-corrected chi connectivity index (χ0v) is 12.3. The predicted octanol–water partition coefficient (Wildman–Crippen LogP) is 2.18. The van der Waals surface area contributed by atoms with Gasteiger partial charge in [0.15, 0.2) is 0 Å². The number of anilines is 1. The summed E-state index contributed by atoms with van der Waals surface area (Å²) in [5, 5.41) is 23.6. The molecular weight excluding hydrogens is 296 g/mol. The van der Waals surface area contributed by atoms with E-state index in [9.17, 15) is 15.1 Å². The van der Waals surface area contributed by atoms with E-state index >= 15 is 0 Å². The van der Waals surface area contributed by atoms with Crippen LogP contribution in [0.25, 0.3) is 10.9 Å². The highest BCUT2D eigenvalue weighted by molar-refractivity contribution is 5.99. The Bertz CT molecular complexity index is 946. The second-order valence-corrected chi connectivity index (χ2v) is 4.93. The predicted molar refractivity (Wildman–Crippen MR) is 87.1 cm³/mol. The molecule has 7 nitrogen and oxygen atoms in total. The Hall–Kier alpha value is -3.35. The summed E-state index contributed by atoms with van der Waals surface area (Å²) in [5.41, 5.74) is 3.86. The molecule has 1 heterocycles. The molecule has 0 aliphatic heterocycles. The number of rotatable bonds is 3. The van der Waals surface area contributed by atoms with Crippen LogP contribution in [0.4, 0.5) is 5.95 Å². The van der Waals surface area contributed by atoms with Gasteiger partial charge in [-0.2, -0.15) is 5.10 Å². The topological polar surface area (TPSA) is 99.7 Å². The van der Waals surface area contributed by atoms with Crippen LogP contribution in [-0.2, 0) is 0 Å². The van der Waals surface area contributed by atoms with E-state index in [1.807, 2.05) is 0 Å². The molecule has 0 aliphatic carbocycles. The zero-order chi connectivity index (χ0) is 16.4. The number of nitrogens with zero attached hydrogens (tertiary/aromatic N) is 3.